The first-order valence-electron chi connectivity index (χ1n) is 6.42. The summed E-state index contributed by atoms with van der Waals surface area (Å²) in [5.41, 5.74) is 0. The number of phosphoric acid groups is 5. The van der Waals surface area contributed by atoms with E-state index in [9.17, 15) is 42.2 Å². The minimum absolute atomic E-state index is 0.475. The predicted molar refractivity (Wildman–Crippen MR) is 93.2 cm³/mol. The van der Waals surface area contributed by atoms with Crippen LogP contribution in [0, 0.1) is 0 Å². The second-order valence-corrected chi connectivity index (χ2v) is 12.4. The van der Waals surface area contributed by atoms with E-state index in [1.165, 1.54) is 0 Å². The molecule has 0 saturated carbocycles. The molecule has 0 saturated heterocycles. The summed E-state index contributed by atoms with van der Waals surface area (Å²) in [5, 5.41) is 1.92. The van der Waals surface area contributed by atoms with E-state index in [2.05, 4.69) is 34.4 Å². The van der Waals surface area contributed by atoms with Crippen molar-refractivity contribution >= 4 is 63.6 Å². The van der Waals surface area contributed by atoms with Crippen LogP contribution in [0.4, 0.5) is 0 Å². The minimum Gasteiger partial charge on any atom is -0.369 e. The Balaban J connectivity index is 5.26. The largest absolute Gasteiger partial charge is 0.538 e. The van der Waals surface area contributed by atoms with Crippen LogP contribution in [0.3, 0.4) is 0 Å². The highest BCUT2D eigenvalue weighted by atomic mass is 32.1. The Bertz CT molecular complexity index is 893. The van der Waals surface area contributed by atoms with Gasteiger partial charge < -0.3 is 34.3 Å². The lowest BCUT2D eigenvalue weighted by molar-refractivity contribution is -0.139. The zero-order valence-electron chi connectivity index (χ0n) is 14.0. The van der Waals surface area contributed by atoms with E-state index < -0.39 is 62.8 Å². The molecule has 4 unspecified atom stereocenters. The van der Waals surface area contributed by atoms with Crippen LogP contribution in [-0.4, -0.2) is 53.0 Å². The quantitative estimate of drug-likeness (QED) is 0.110. The third kappa shape index (κ3) is 13.5. The third-order valence-electron chi connectivity index (χ3n) is 1.88. The lowest BCUT2D eigenvalue weighted by Crippen LogP contribution is -2.41. The van der Waals surface area contributed by atoms with Crippen molar-refractivity contribution in [3.05, 3.63) is 0 Å². The number of thiol groups is 1. The van der Waals surface area contributed by atoms with Crippen molar-refractivity contribution in [3.63, 3.8) is 0 Å². The molecule has 0 aliphatic carbocycles. The minimum atomic E-state index is -6.25. The normalized spacial score (nSPS) is 21.2. The lowest BCUT2D eigenvalue weighted by atomic mass is 10.3. The van der Waals surface area contributed by atoms with Gasteiger partial charge >= 0.3 is 45.1 Å². The van der Waals surface area contributed by atoms with Gasteiger partial charge in [0.1, 0.15) is 6.04 Å². The van der Waals surface area contributed by atoms with Gasteiger partial charge in [0.05, 0.1) is 0 Å². The van der Waals surface area contributed by atoms with Crippen LogP contribution in [0.2, 0.25) is 0 Å². The molecule has 0 aliphatic rings. The maximum Gasteiger partial charge on any atom is 0.538 e. The molecule has 0 aromatic rings. The third-order valence-corrected chi connectivity index (χ3v) is 9.28. The van der Waals surface area contributed by atoms with Crippen molar-refractivity contribution in [1.82, 2.24) is 5.32 Å². The molecular formula is C5H14NO18P5S. The van der Waals surface area contributed by atoms with Gasteiger partial charge in [-0.05, 0) is 0 Å². The summed E-state index contributed by atoms with van der Waals surface area (Å²) in [5.74, 6) is -2.99. The van der Waals surface area contributed by atoms with Gasteiger partial charge in [-0.25, -0.2) is 27.6 Å². The summed E-state index contributed by atoms with van der Waals surface area (Å²) in [6.45, 7) is 0.948. The molecule has 19 nitrogen and oxygen atoms in total. The SMILES string of the molecule is CC(=O)N[C@@H](CS)C(=O)OP(=O)(O)OP(=O)(O)OP(=O)(O)OP(=O)(O)OP(=O)(O)O. The van der Waals surface area contributed by atoms with E-state index in [0.29, 0.717) is 0 Å². The molecule has 0 fully saturated rings. The molecule has 5 atom stereocenters. The number of phosphoric ester groups is 1. The van der Waals surface area contributed by atoms with Gasteiger partial charge in [0, 0.05) is 12.7 Å². The molecule has 25 heteroatoms. The van der Waals surface area contributed by atoms with Gasteiger partial charge in [0.2, 0.25) is 5.91 Å². The fourth-order valence-electron chi connectivity index (χ4n) is 1.19. The predicted octanol–water partition coefficient (Wildman–Crippen LogP) is -0.475. The molecule has 0 bridgehead atoms. The Morgan fingerprint density at radius 2 is 1.17 bits per heavy atom. The first-order chi connectivity index (χ1) is 13.1. The van der Waals surface area contributed by atoms with E-state index in [4.69, 9.17) is 19.6 Å². The molecule has 0 spiro atoms. The molecule has 0 rings (SSSR count). The van der Waals surface area contributed by atoms with Crippen molar-refractivity contribution < 1.29 is 83.5 Å². The van der Waals surface area contributed by atoms with Gasteiger partial charge in [0.15, 0.2) is 0 Å². The van der Waals surface area contributed by atoms with E-state index >= 15 is 0 Å². The van der Waals surface area contributed by atoms with Crippen LogP contribution in [0.15, 0.2) is 0 Å². The van der Waals surface area contributed by atoms with E-state index in [0.717, 1.165) is 6.92 Å². The van der Waals surface area contributed by atoms with Crippen LogP contribution in [0.5, 0.6) is 0 Å². The monoisotopic (exact) mass is 563 g/mol. The summed E-state index contributed by atoms with van der Waals surface area (Å²) in [6, 6.07) is -1.63. The number of rotatable bonds is 12. The van der Waals surface area contributed by atoms with Crippen LogP contribution < -0.4 is 5.32 Å². The maximum absolute atomic E-state index is 11.6. The molecule has 178 valence electrons. The molecular weight excluding hydrogens is 549 g/mol. The van der Waals surface area contributed by atoms with Crippen molar-refractivity contribution in [2.45, 2.75) is 13.0 Å². The molecule has 0 aliphatic heterocycles. The molecule has 0 aromatic carbocycles. The Kier molecular flexibility index (Phi) is 10.8. The summed E-state index contributed by atoms with van der Waals surface area (Å²) < 4.78 is 73.2. The number of hydrogen-bond acceptors (Lipinski definition) is 13. The molecule has 0 heterocycles. The van der Waals surface area contributed by atoms with Gasteiger partial charge in [-0.15, -0.1) is 0 Å². The van der Waals surface area contributed by atoms with E-state index in [1.807, 2.05) is 5.32 Å². The highest BCUT2D eigenvalue weighted by Gasteiger charge is 2.48. The standard InChI is InChI=1S/C5H14NO18P5S/c1-3(7)6-4(2-30)5(8)20-26(12,13)22-28(16,17)24-29(18,19)23-27(14,15)21-25(9,10)11/h4,30H,2H2,1H3,(H,6,7)(H,12,13)(H,14,15)(H,16,17)(H,18,19)(H2,9,10,11)/t4-/m0/s1. The first-order valence-corrected chi connectivity index (χ1v) is 14.6. The molecule has 0 aromatic heterocycles. The van der Waals surface area contributed by atoms with Gasteiger partial charge in [-0.1, -0.05) is 0 Å². The number of carbonyl (C=O) groups excluding carboxylic acids is 2. The Morgan fingerprint density at radius 3 is 1.50 bits per heavy atom. The summed E-state index contributed by atoms with van der Waals surface area (Å²) >= 11 is 3.63. The highest BCUT2D eigenvalue weighted by Crippen LogP contribution is 2.73. The smallest absolute Gasteiger partial charge is 0.369 e. The summed E-state index contributed by atoms with van der Waals surface area (Å²) in [7, 11) is -30.2. The average molecular weight is 563 g/mol. The maximum atomic E-state index is 11.6. The second-order valence-electron chi connectivity index (χ2n) is 4.54. The second kappa shape index (κ2) is 10.8. The topological polar surface area (TPSA) is 299 Å². The fourth-order valence-corrected chi connectivity index (χ4v) is 7.28. The Labute approximate surface area is 171 Å². The lowest BCUT2D eigenvalue weighted by Gasteiger charge is -2.20. The summed E-state index contributed by atoms with van der Waals surface area (Å²) in [6.07, 6.45) is 0. The number of nitrogens with one attached hydrogen (secondary N) is 1. The number of amides is 1. The van der Waals surface area contributed by atoms with Crippen molar-refractivity contribution in [1.29, 1.82) is 0 Å². The Morgan fingerprint density at radius 1 is 0.800 bits per heavy atom. The van der Waals surface area contributed by atoms with Crippen molar-refractivity contribution in [3.8, 4) is 0 Å². The van der Waals surface area contributed by atoms with Crippen LogP contribution in [0.1, 0.15) is 6.92 Å². The van der Waals surface area contributed by atoms with Crippen molar-refractivity contribution in [2.24, 2.45) is 0 Å². The van der Waals surface area contributed by atoms with Crippen molar-refractivity contribution in [2.75, 3.05) is 5.75 Å². The average Bonchev–Trinajstić information content (AvgIpc) is 2.35. The van der Waals surface area contributed by atoms with E-state index in [-0.39, 0.29) is 0 Å². The number of hydrogen-bond donors (Lipinski definition) is 8. The van der Waals surface area contributed by atoms with E-state index in [1.54, 1.807) is 0 Å². The molecule has 7 N–H and O–H groups in total. The van der Waals surface area contributed by atoms with Crippen LogP contribution in [0.25, 0.3) is 0 Å². The Hall–Kier alpha value is 0.0400. The molecule has 1 amide bonds. The van der Waals surface area contributed by atoms with Gasteiger partial charge in [-0.2, -0.15) is 29.9 Å². The zero-order chi connectivity index (χ0) is 24.2. The highest BCUT2D eigenvalue weighted by molar-refractivity contribution is 7.80. The van der Waals surface area contributed by atoms with Gasteiger partial charge in [-0.3, -0.25) is 9.69 Å². The summed E-state index contributed by atoms with van der Waals surface area (Å²) in [4.78, 5) is 75.6. The van der Waals surface area contributed by atoms with Gasteiger partial charge in [0.25, 0.3) is 0 Å². The molecule has 30 heavy (non-hydrogen) atoms. The first kappa shape index (κ1) is 30.0. The number of carbonyl (C=O) groups is 2. The van der Waals surface area contributed by atoms with Crippen LogP contribution in [-0.2, 0) is 54.2 Å². The zero-order valence-corrected chi connectivity index (χ0v) is 19.4. The molecule has 0 radical (unpaired) electrons. The fraction of sp³-hybridized carbons (Fsp3) is 0.600. The van der Waals surface area contributed by atoms with Crippen LogP contribution >= 0.6 is 51.7 Å².